The molecule has 0 aliphatic carbocycles. The predicted molar refractivity (Wildman–Crippen MR) is 51.0 cm³/mol. The summed E-state index contributed by atoms with van der Waals surface area (Å²) in [4.78, 5) is 0. The molecule has 16 heavy (non-hydrogen) atoms. The van der Waals surface area contributed by atoms with Crippen LogP contribution in [0.4, 0.5) is 13.2 Å². The minimum absolute atomic E-state index is 0.136. The van der Waals surface area contributed by atoms with Gasteiger partial charge in [-0.05, 0) is 17.7 Å². The van der Waals surface area contributed by atoms with Crippen LogP contribution in [0, 0.1) is 0 Å². The summed E-state index contributed by atoms with van der Waals surface area (Å²) in [5.74, 6) is 1.12. The van der Waals surface area contributed by atoms with Gasteiger partial charge in [-0.15, -0.1) is 0 Å². The quantitative estimate of drug-likeness (QED) is 0.772. The largest absolute Gasteiger partial charge is 0.467 e. The maximum atomic E-state index is 11.8. The molecule has 0 fully saturated rings. The van der Waals surface area contributed by atoms with Crippen molar-refractivity contribution in [3.05, 3.63) is 23.8 Å². The van der Waals surface area contributed by atoms with Crippen molar-refractivity contribution >= 4 is 12.0 Å². The minimum Gasteiger partial charge on any atom is -0.454 e. The molecule has 0 saturated heterocycles. The summed E-state index contributed by atoms with van der Waals surface area (Å²) in [5, 5.41) is 0. The Kier molecular flexibility index (Phi) is 3.15. The number of rotatable bonds is 3. The monoisotopic (exact) mass is 252 g/mol. The van der Waals surface area contributed by atoms with Gasteiger partial charge in [-0.3, -0.25) is 0 Å². The second-order valence-electron chi connectivity index (χ2n) is 2.98. The second kappa shape index (κ2) is 4.42. The number of hydrogen-bond donors (Lipinski definition) is 0. The molecule has 0 unspecified atom stereocenters. The van der Waals surface area contributed by atoms with Gasteiger partial charge in [-0.1, -0.05) is 6.07 Å². The van der Waals surface area contributed by atoms with Crippen LogP contribution in [0.1, 0.15) is 5.56 Å². The third-order valence-electron chi connectivity index (χ3n) is 1.82. The average Bonchev–Trinajstić information content (AvgIpc) is 2.62. The lowest BCUT2D eigenvalue weighted by molar-refractivity contribution is -0.0400. The van der Waals surface area contributed by atoms with Gasteiger partial charge in [-0.25, -0.2) is 0 Å². The van der Waals surface area contributed by atoms with E-state index in [-0.39, 0.29) is 13.4 Å². The SMILES string of the molecule is FC(F)(F)SOCc1ccc2c(c1)OCO2. The lowest BCUT2D eigenvalue weighted by Gasteiger charge is -2.06. The Balaban J connectivity index is 1.91. The molecule has 0 bridgehead atoms. The molecule has 1 aromatic carbocycles. The van der Waals surface area contributed by atoms with E-state index in [1.54, 1.807) is 18.2 Å². The molecule has 0 atom stereocenters. The van der Waals surface area contributed by atoms with Crippen molar-refractivity contribution in [1.29, 1.82) is 0 Å². The zero-order valence-electron chi connectivity index (χ0n) is 7.91. The van der Waals surface area contributed by atoms with Crippen molar-refractivity contribution in [3.8, 4) is 11.5 Å². The van der Waals surface area contributed by atoms with Crippen molar-refractivity contribution in [2.24, 2.45) is 0 Å². The van der Waals surface area contributed by atoms with Crippen molar-refractivity contribution in [2.75, 3.05) is 6.79 Å². The highest BCUT2D eigenvalue weighted by atomic mass is 32.2. The highest BCUT2D eigenvalue weighted by Gasteiger charge is 2.30. The van der Waals surface area contributed by atoms with E-state index in [2.05, 4.69) is 4.18 Å². The summed E-state index contributed by atoms with van der Waals surface area (Å²) in [6, 6.07) is 4.86. The molecule has 0 amide bonds. The van der Waals surface area contributed by atoms with Crippen molar-refractivity contribution in [2.45, 2.75) is 12.1 Å². The van der Waals surface area contributed by atoms with Gasteiger partial charge in [0.2, 0.25) is 6.79 Å². The van der Waals surface area contributed by atoms with Gasteiger partial charge in [-0.2, -0.15) is 13.2 Å². The lowest BCUT2D eigenvalue weighted by atomic mass is 10.2. The van der Waals surface area contributed by atoms with Gasteiger partial charge in [0.25, 0.3) is 0 Å². The van der Waals surface area contributed by atoms with Crippen LogP contribution in [-0.4, -0.2) is 12.3 Å². The smallest absolute Gasteiger partial charge is 0.454 e. The van der Waals surface area contributed by atoms with Crippen LogP contribution in [0.5, 0.6) is 11.5 Å². The molecule has 3 nitrogen and oxygen atoms in total. The van der Waals surface area contributed by atoms with E-state index in [1.165, 1.54) is 0 Å². The molecule has 0 radical (unpaired) electrons. The van der Waals surface area contributed by atoms with Gasteiger partial charge in [0.1, 0.15) is 12.0 Å². The predicted octanol–water partition coefficient (Wildman–Crippen LogP) is 3.10. The molecular weight excluding hydrogens is 245 g/mol. The highest BCUT2D eigenvalue weighted by Crippen LogP contribution is 2.34. The Morgan fingerprint density at radius 1 is 1.25 bits per heavy atom. The molecule has 2 rings (SSSR count). The summed E-state index contributed by atoms with van der Waals surface area (Å²) in [5.41, 5.74) is -3.78. The first-order valence-corrected chi connectivity index (χ1v) is 5.05. The first-order valence-electron chi connectivity index (χ1n) is 4.30. The van der Waals surface area contributed by atoms with Crippen molar-refractivity contribution < 1.29 is 26.8 Å². The number of halogens is 3. The van der Waals surface area contributed by atoms with Gasteiger partial charge < -0.3 is 13.7 Å². The lowest BCUT2D eigenvalue weighted by Crippen LogP contribution is -2.01. The first-order chi connectivity index (χ1) is 7.54. The van der Waals surface area contributed by atoms with E-state index >= 15 is 0 Å². The summed E-state index contributed by atoms with van der Waals surface area (Å²) in [7, 11) is 0. The molecule has 1 aromatic rings. The first kappa shape index (κ1) is 11.4. The normalized spacial score (nSPS) is 14.2. The van der Waals surface area contributed by atoms with Gasteiger partial charge in [0.05, 0.1) is 6.61 Å². The van der Waals surface area contributed by atoms with E-state index < -0.39 is 17.6 Å². The summed E-state index contributed by atoms with van der Waals surface area (Å²) in [6.45, 7) is -0.00222. The number of alkyl halides is 3. The number of benzene rings is 1. The van der Waals surface area contributed by atoms with Gasteiger partial charge in [0, 0.05) is 0 Å². The Bertz CT molecular complexity index is 381. The number of fused-ring (bicyclic) bond motifs is 1. The molecule has 88 valence electrons. The summed E-state index contributed by atoms with van der Waals surface area (Å²) >= 11 is -0.510. The van der Waals surface area contributed by atoms with Crippen LogP contribution in [-0.2, 0) is 10.8 Å². The van der Waals surface area contributed by atoms with Crippen LogP contribution >= 0.6 is 12.0 Å². The molecule has 0 saturated carbocycles. The van der Waals surface area contributed by atoms with E-state index in [9.17, 15) is 13.2 Å². The molecule has 1 heterocycles. The fraction of sp³-hybridized carbons (Fsp3) is 0.333. The zero-order valence-corrected chi connectivity index (χ0v) is 8.73. The van der Waals surface area contributed by atoms with Gasteiger partial charge in [0.15, 0.2) is 11.5 Å². The third kappa shape index (κ3) is 2.96. The van der Waals surface area contributed by atoms with E-state index in [4.69, 9.17) is 9.47 Å². The Morgan fingerprint density at radius 3 is 2.75 bits per heavy atom. The third-order valence-corrected chi connectivity index (χ3v) is 2.24. The molecule has 0 spiro atoms. The Morgan fingerprint density at radius 2 is 2.00 bits per heavy atom. The minimum atomic E-state index is -4.38. The molecular formula is C9H7F3O3S. The van der Waals surface area contributed by atoms with E-state index in [0.29, 0.717) is 17.1 Å². The van der Waals surface area contributed by atoms with Crippen LogP contribution in [0.25, 0.3) is 0 Å². The average molecular weight is 252 g/mol. The fourth-order valence-electron chi connectivity index (χ4n) is 1.20. The van der Waals surface area contributed by atoms with Crippen LogP contribution in [0.2, 0.25) is 0 Å². The van der Waals surface area contributed by atoms with Crippen molar-refractivity contribution in [1.82, 2.24) is 0 Å². The highest BCUT2D eigenvalue weighted by molar-refractivity contribution is 7.95. The van der Waals surface area contributed by atoms with Crippen molar-refractivity contribution in [3.63, 3.8) is 0 Å². The van der Waals surface area contributed by atoms with Crippen LogP contribution < -0.4 is 9.47 Å². The summed E-state index contributed by atoms with van der Waals surface area (Å²) in [6.07, 6.45) is 0. The standard InChI is InChI=1S/C9H7F3O3S/c10-9(11,12)16-15-4-6-1-2-7-8(3-6)14-5-13-7/h1-3H,4-5H2. The Labute approximate surface area is 93.7 Å². The molecule has 1 aliphatic rings. The van der Waals surface area contributed by atoms with Gasteiger partial charge >= 0.3 is 5.51 Å². The number of hydrogen-bond acceptors (Lipinski definition) is 4. The van der Waals surface area contributed by atoms with E-state index in [0.717, 1.165) is 0 Å². The molecule has 0 aromatic heterocycles. The topological polar surface area (TPSA) is 27.7 Å². The maximum Gasteiger partial charge on any atom is 0.467 e. The second-order valence-corrected chi connectivity index (χ2v) is 3.84. The Hall–Kier alpha value is -1.08. The number of ether oxygens (including phenoxy) is 2. The summed E-state index contributed by atoms with van der Waals surface area (Å²) < 4.78 is 49.9. The molecule has 7 heteroatoms. The maximum absolute atomic E-state index is 11.8. The molecule has 0 N–H and O–H groups in total. The van der Waals surface area contributed by atoms with E-state index in [1.807, 2.05) is 0 Å². The fourth-order valence-corrected chi connectivity index (χ4v) is 1.52. The van der Waals surface area contributed by atoms with Crippen LogP contribution in [0.3, 0.4) is 0 Å². The molecule has 1 aliphatic heterocycles. The van der Waals surface area contributed by atoms with Crippen LogP contribution in [0.15, 0.2) is 18.2 Å². The zero-order chi connectivity index (χ0) is 11.6.